The third kappa shape index (κ3) is 14.0. The summed E-state index contributed by atoms with van der Waals surface area (Å²) in [5.74, 6) is -1.68. The highest BCUT2D eigenvalue weighted by Gasteiger charge is 2.31. The second-order valence-electron chi connectivity index (χ2n) is 11.6. The van der Waals surface area contributed by atoms with E-state index in [4.69, 9.17) is 14.2 Å². The van der Waals surface area contributed by atoms with E-state index in [1.165, 1.54) is 6.92 Å². The molecule has 1 rings (SSSR count). The molecular weight excluding hydrogens is 490 g/mol. The quantitative estimate of drug-likeness (QED) is 0.349. The van der Waals surface area contributed by atoms with Gasteiger partial charge < -0.3 is 30.2 Å². The molecule has 0 unspecified atom stereocenters. The van der Waals surface area contributed by atoms with Gasteiger partial charge in [0.05, 0.1) is 12.2 Å². The molecule has 10 nitrogen and oxygen atoms in total. The Morgan fingerprint density at radius 2 is 1.37 bits per heavy atom. The van der Waals surface area contributed by atoms with Gasteiger partial charge in [-0.05, 0) is 66.4 Å². The first kappa shape index (κ1) is 32.9. The molecule has 0 saturated carbocycles. The van der Waals surface area contributed by atoms with Crippen LogP contribution in [0.1, 0.15) is 74.3 Å². The first-order valence-electron chi connectivity index (χ1n) is 12.9. The normalized spacial score (nSPS) is 14.2. The van der Waals surface area contributed by atoms with E-state index in [1.54, 1.807) is 20.8 Å². The molecule has 0 aromatic heterocycles. The summed E-state index contributed by atoms with van der Waals surface area (Å²) < 4.78 is 16.3. The van der Waals surface area contributed by atoms with Crippen molar-refractivity contribution in [1.29, 1.82) is 0 Å². The molecule has 3 N–H and O–H groups in total. The third-order valence-electron chi connectivity index (χ3n) is 4.96. The minimum atomic E-state index is -1.12. The lowest BCUT2D eigenvalue weighted by Gasteiger charge is -2.28. The summed E-state index contributed by atoms with van der Waals surface area (Å²) in [4.78, 5) is 51.1. The minimum Gasteiger partial charge on any atom is -0.458 e. The van der Waals surface area contributed by atoms with Gasteiger partial charge in [-0.15, -0.1) is 0 Å². The maximum absolute atomic E-state index is 13.2. The van der Waals surface area contributed by atoms with Gasteiger partial charge in [0.15, 0.2) is 0 Å². The summed E-state index contributed by atoms with van der Waals surface area (Å²) in [6.07, 6.45) is -0.487. The molecule has 1 aromatic carbocycles. The van der Waals surface area contributed by atoms with E-state index in [0.29, 0.717) is 6.42 Å². The highest BCUT2D eigenvalue weighted by Crippen LogP contribution is 2.11. The van der Waals surface area contributed by atoms with Gasteiger partial charge in [-0.25, -0.2) is 9.59 Å². The molecule has 3 atom stereocenters. The molecule has 10 heteroatoms. The van der Waals surface area contributed by atoms with Crippen LogP contribution >= 0.6 is 0 Å². The van der Waals surface area contributed by atoms with E-state index in [1.807, 2.05) is 65.0 Å². The molecule has 3 amide bonds. The fourth-order valence-electron chi connectivity index (χ4n) is 3.16. The van der Waals surface area contributed by atoms with Gasteiger partial charge in [-0.1, -0.05) is 44.2 Å². The summed E-state index contributed by atoms with van der Waals surface area (Å²) >= 11 is 0. The highest BCUT2D eigenvalue weighted by atomic mass is 16.6. The lowest BCUT2D eigenvalue weighted by Crippen LogP contribution is -2.57. The van der Waals surface area contributed by atoms with Crippen LogP contribution in [0.25, 0.3) is 0 Å². The van der Waals surface area contributed by atoms with Gasteiger partial charge >= 0.3 is 12.1 Å². The zero-order chi connectivity index (χ0) is 29.1. The van der Waals surface area contributed by atoms with E-state index < -0.39 is 53.2 Å². The van der Waals surface area contributed by atoms with Crippen LogP contribution < -0.4 is 16.0 Å². The number of hydrogen-bond acceptors (Lipinski definition) is 7. The van der Waals surface area contributed by atoms with Gasteiger partial charge in [-0.2, -0.15) is 0 Å². The average Bonchev–Trinajstić information content (AvgIpc) is 2.78. The number of esters is 1. The molecule has 0 bridgehead atoms. The minimum absolute atomic E-state index is 0.0298. The Morgan fingerprint density at radius 1 is 0.789 bits per heavy atom. The monoisotopic (exact) mass is 535 g/mol. The van der Waals surface area contributed by atoms with Crippen molar-refractivity contribution in [2.45, 2.75) is 105 Å². The maximum Gasteiger partial charge on any atom is 0.408 e. The number of nitrogens with one attached hydrogen (secondary N) is 3. The number of ether oxygens (including phenoxy) is 3. The molecule has 1 aromatic rings. The second kappa shape index (κ2) is 14.7. The van der Waals surface area contributed by atoms with Gasteiger partial charge in [-0.3, -0.25) is 9.59 Å². The van der Waals surface area contributed by atoms with Crippen LogP contribution in [0.15, 0.2) is 30.3 Å². The molecular formula is C28H45N3O7. The van der Waals surface area contributed by atoms with Crippen LogP contribution in [0, 0.1) is 5.92 Å². The molecule has 214 valence electrons. The first-order chi connectivity index (χ1) is 17.5. The Kier molecular flexibility index (Phi) is 12.7. The fraction of sp³-hybridized carbons (Fsp3) is 0.643. The smallest absolute Gasteiger partial charge is 0.408 e. The van der Waals surface area contributed by atoms with Gasteiger partial charge in [0.2, 0.25) is 11.8 Å². The Balaban J connectivity index is 2.93. The number of benzene rings is 1. The number of amides is 3. The van der Waals surface area contributed by atoms with E-state index >= 15 is 0 Å². The predicted octanol–water partition coefficient (Wildman–Crippen LogP) is 3.47. The SMILES string of the molecule is CC(C)C[C@H](NC(=O)[C@H](COC(C)(C)C)NC(=O)OCc1ccccc1)C(=O)N[C@@H](C)C(=O)OC(C)(C)C. The molecule has 0 radical (unpaired) electrons. The number of carbonyl (C=O) groups is 4. The zero-order valence-electron chi connectivity index (χ0n) is 24.2. The second-order valence-corrected chi connectivity index (χ2v) is 11.6. The van der Waals surface area contributed by atoms with Crippen molar-refractivity contribution in [1.82, 2.24) is 16.0 Å². The van der Waals surface area contributed by atoms with E-state index in [9.17, 15) is 19.2 Å². The summed E-state index contributed by atoms with van der Waals surface area (Å²) in [7, 11) is 0. The van der Waals surface area contributed by atoms with Crippen molar-refractivity contribution in [3.8, 4) is 0 Å². The van der Waals surface area contributed by atoms with Crippen molar-refractivity contribution in [3.05, 3.63) is 35.9 Å². The molecule has 0 aliphatic heterocycles. The van der Waals surface area contributed by atoms with Crippen molar-refractivity contribution in [2.24, 2.45) is 5.92 Å². The predicted molar refractivity (Wildman–Crippen MR) is 144 cm³/mol. The summed E-state index contributed by atoms with van der Waals surface area (Å²) in [5.41, 5.74) is -0.489. The van der Waals surface area contributed by atoms with Crippen LogP contribution in [0.4, 0.5) is 4.79 Å². The van der Waals surface area contributed by atoms with Gasteiger partial charge in [0.1, 0.15) is 30.3 Å². The summed E-state index contributed by atoms with van der Waals surface area (Å²) in [5, 5.41) is 7.86. The first-order valence-corrected chi connectivity index (χ1v) is 12.9. The zero-order valence-corrected chi connectivity index (χ0v) is 24.2. The average molecular weight is 536 g/mol. The largest absolute Gasteiger partial charge is 0.458 e. The van der Waals surface area contributed by atoms with Crippen molar-refractivity contribution < 1.29 is 33.4 Å². The van der Waals surface area contributed by atoms with E-state index in [2.05, 4.69) is 16.0 Å². The Hall–Kier alpha value is -3.14. The van der Waals surface area contributed by atoms with E-state index in [0.717, 1.165) is 5.56 Å². The van der Waals surface area contributed by atoms with Crippen LogP contribution in [-0.4, -0.2) is 59.8 Å². The van der Waals surface area contributed by atoms with Crippen molar-refractivity contribution in [2.75, 3.05) is 6.61 Å². The molecule has 0 spiro atoms. The Labute approximate surface area is 226 Å². The lowest BCUT2D eigenvalue weighted by atomic mass is 10.0. The number of rotatable bonds is 12. The number of carbonyl (C=O) groups excluding carboxylic acids is 4. The molecule has 0 saturated heterocycles. The van der Waals surface area contributed by atoms with Crippen molar-refractivity contribution >= 4 is 23.9 Å². The molecule has 0 fully saturated rings. The summed E-state index contributed by atoms with van der Waals surface area (Å²) in [6, 6.07) is 6.14. The fourth-order valence-corrected chi connectivity index (χ4v) is 3.16. The molecule has 0 heterocycles. The third-order valence-corrected chi connectivity index (χ3v) is 4.96. The number of hydrogen-bond donors (Lipinski definition) is 3. The molecule has 0 aliphatic carbocycles. The lowest BCUT2D eigenvalue weighted by molar-refractivity contribution is -0.158. The molecule has 38 heavy (non-hydrogen) atoms. The van der Waals surface area contributed by atoms with Gasteiger partial charge in [0.25, 0.3) is 0 Å². The van der Waals surface area contributed by atoms with E-state index in [-0.39, 0.29) is 19.1 Å². The summed E-state index contributed by atoms with van der Waals surface area (Å²) in [6.45, 7) is 15.9. The van der Waals surface area contributed by atoms with Crippen LogP contribution in [0.5, 0.6) is 0 Å². The van der Waals surface area contributed by atoms with Crippen LogP contribution in [0.2, 0.25) is 0 Å². The highest BCUT2D eigenvalue weighted by molar-refractivity contribution is 5.93. The number of alkyl carbamates (subject to hydrolysis) is 1. The topological polar surface area (TPSA) is 132 Å². The maximum atomic E-state index is 13.2. The Morgan fingerprint density at radius 3 is 1.89 bits per heavy atom. The molecule has 0 aliphatic rings. The van der Waals surface area contributed by atoms with Gasteiger partial charge in [0, 0.05) is 0 Å². The Bertz CT molecular complexity index is 921. The standard InChI is InChI=1S/C28H45N3O7/c1-18(2)15-21(23(32)29-19(3)25(34)38-28(7,8)9)30-24(33)22(17-37-27(4,5)6)31-26(35)36-16-20-13-11-10-12-14-20/h10-14,18-19,21-22H,15-17H2,1-9H3,(H,29,32)(H,30,33)(H,31,35)/t19-,21-,22-/m0/s1. The van der Waals surface area contributed by atoms with Crippen molar-refractivity contribution in [3.63, 3.8) is 0 Å². The van der Waals surface area contributed by atoms with Crippen LogP contribution in [-0.2, 0) is 35.2 Å². The van der Waals surface area contributed by atoms with Crippen LogP contribution in [0.3, 0.4) is 0 Å².